The zero-order chi connectivity index (χ0) is 17.6. The number of hydrogen-bond acceptors (Lipinski definition) is 4. The highest BCUT2D eigenvalue weighted by molar-refractivity contribution is 6.30. The number of para-hydroxylation sites is 1. The van der Waals surface area contributed by atoms with Gasteiger partial charge in [-0.3, -0.25) is 5.32 Å². The van der Waals surface area contributed by atoms with Crippen LogP contribution in [0.3, 0.4) is 0 Å². The maximum absolute atomic E-state index is 11.6. The van der Waals surface area contributed by atoms with Gasteiger partial charge < -0.3 is 9.47 Å². The van der Waals surface area contributed by atoms with Gasteiger partial charge >= 0.3 is 6.09 Å². The number of hydrogen-bond donors (Lipinski definition) is 2. The van der Waals surface area contributed by atoms with Gasteiger partial charge in [0.1, 0.15) is 0 Å². The van der Waals surface area contributed by atoms with E-state index in [-0.39, 0.29) is 0 Å². The molecule has 0 aliphatic rings. The lowest BCUT2D eigenvalue weighted by Crippen LogP contribution is -2.16. The summed E-state index contributed by atoms with van der Waals surface area (Å²) in [7, 11) is 1.32. The second kappa shape index (κ2) is 7.72. The lowest BCUT2D eigenvalue weighted by Gasteiger charge is -2.21. The van der Waals surface area contributed by atoms with E-state index in [0.29, 0.717) is 16.6 Å². The molecule has 6 nitrogen and oxygen atoms in total. The number of nitrogens with zero attached hydrogens (tertiary/aromatic N) is 1. The van der Waals surface area contributed by atoms with Crippen LogP contribution in [-0.2, 0) is 4.74 Å². The van der Waals surface area contributed by atoms with Crippen molar-refractivity contribution in [1.29, 1.82) is 0 Å². The van der Waals surface area contributed by atoms with Gasteiger partial charge in [-0.25, -0.2) is 9.89 Å². The van der Waals surface area contributed by atoms with E-state index in [0.717, 1.165) is 11.1 Å². The molecule has 1 amide bonds. The molecule has 0 bridgehead atoms. The minimum atomic E-state index is -0.552. The molecule has 2 aromatic carbocycles. The molecule has 3 aromatic rings. The topological polar surface area (TPSA) is 76.2 Å². The summed E-state index contributed by atoms with van der Waals surface area (Å²) < 4.78 is 10.8. The number of carbonyl (C=O) groups is 1. The SMILES string of the molecule is COC(=O)Nc1ccccc1C(Oc1ccn[nH]1)c1ccc(Cl)cc1. The summed E-state index contributed by atoms with van der Waals surface area (Å²) in [6.45, 7) is 0. The van der Waals surface area contributed by atoms with E-state index in [1.165, 1.54) is 7.11 Å². The maximum Gasteiger partial charge on any atom is 0.411 e. The molecular formula is C18H16ClN3O3. The highest BCUT2D eigenvalue weighted by Gasteiger charge is 2.21. The molecule has 0 fully saturated rings. The highest BCUT2D eigenvalue weighted by atomic mass is 35.5. The maximum atomic E-state index is 11.6. The molecule has 2 N–H and O–H groups in total. The van der Waals surface area contributed by atoms with Crippen molar-refractivity contribution >= 4 is 23.4 Å². The van der Waals surface area contributed by atoms with E-state index in [2.05, 4.69) is 15.5 Å². The Morgan fingerprint density at radius 1 is 1.16 bits per heavy atom. The van der Waals surface area contributed by atoms with E-state index >= 15 is 0 Å². The van der Waals surface area contributed by atoms with Gasteiger partial charge in [0.15, 0.2) is 6.10 Å². The minimum absolute atomic E-state index is 0.480. The molecule has 0 aliphatic heterocycles. The van der Waals surface area contributed by atoms with Crippen molar-refractivity contribution in [2.24, 2.45) is 0 Å². The summed E-state index contributed by atoms with van der Waals surface area (Å²) in [5.74, 6) is 0.507. The number of methoxy groups -OCH3 is 1. The quantitative estimate of drug-likeness (QED) is 0.709. The highest BCUT2D eigenvalue weighted by Crippen LogP contribution is 2.33. The fourth-order valence-electron chi connectivity index (χ4n) is 2.38. The van der Waals surface area contributed by atoms with Crippen molar-refractivity contribution in [2.75, 3.05) is 12.4 Å². The van der Waals surface area contributed by atoms with Crippen molar-refractivity contribution in [3.63, 3.8) is 0 Å². The Hall–Kier alpha value is -2.99. The van der Waals surface area contributed by atoms with Crippen molar-refractivity contribution in [1.82, 2.24) is 10.2 Å². The number of anilines is 1. The van der Waals surface area contributed by atoms with E-state index < -0.39 is 12.2 Å². The van der Waals surface area contributed by atoms with Gasteiger partial charge in [0.2, 0.25) is 5.88 Å². The van der Waals surface area contributed by atoms with Crippen molar-refractivity contribution < 1.29 is 14.3 Å². The number of amides is 1. The standard InChI is InChI=1S/C18H16ClN3O3/c1-24-18(23)21-15-5-3-2-4-14(15)17(25-16-10-11-20-22-16)12-6-8-13(19)9-7-12/h2-11,17H,1H3,(H,20,22)(H,21,23). The first-order valence-corrected chi connectivity index (χ1v) is 7.90. The second-order valence-electron chi connectivity index (χ2n) is 5.17. The third-order valence-electron chi connectivity index (χ3n) is 3.56. The Bertz CT molecular complexity index is 835. The molecular weight excluding hydrogens is 342 g/mol. The second-order valence-corrected chi connectivity index (χ2v) is 5.61. The Labute approximate surface area is 149 Å². The predicted octanol–water partition coefficient (Wildman–Crippen LogP) is 4.41. The Morgan fingerprint density at radius 2 is 1.92 bits per heavy atom. The average molecular weight is 358 g/mol. The normalized spacial score (nSPS) is 11.6. The summed E-state index contributed by atoms with van der Waals surface area (Å²) in [5.41, 5.74) is 2.23. The first kappa shape index (κ1) is 16.9. The fourth-order valence-corrected chi connectivity index (χ4v) is 2.51. The van der Waals surface area contributed by atoms with Gasteiger partial charge in [0.05, 0.1) is 19.0 Å². The van der Waals surface area contributed by atoms with Crippen LogP contribution >= 0.6 is 11.6 Å². The van der Waals surface area contributed by atoms with Crippen LogP contribution in [0.15, 0.2) is 60.8 Å². The van der Waals surface area contributed by atoms with Gasteiger partial charge in [0, 0.05) is 16.7 Å². The average Bonchev–Trinajstić information content (AvgIpc) is 3.14. The zero-order valence-electron chi connectivity index (χ0n) is 13.4. The molecule has 3 rings (SSSR count). The number of aromatic amines is 1. The van der Waals surface area contributed by atoms with E-state index in [1.807, 2.05) is 30.3 Å². The van der Waals surface area contributed by atoms with Gasteiger partial charge in [-0.2, -0.15) is 5.10 Å². The number of rotatable bonds is 5. The van der Waals surface area contributed by atoms with Gasteiger partial charge in [-0.05, 0) is 23.8 Å². The van der Waals surface area contributed by atoms with Crippen molar-refractivity contribution in [3.05, 3.63) is 76.9 Å². The van der Waals surface area contributed by atoms with Crippen LogP contribution in [0.4, 0.5) is 10.5 Å². The molecule has 1 heterocycles. The third kappa shape index (κ3) is 4.10. The van der Waals surface area contributed by atoms with Crippen LogP contribution in [0.5, 0.6) is 5.88 Å². The van der Waals surface area contributed by atoms with Gasteiger partial charge in [0.25, 0.3) is 0 Å². The zero-order valence-corrected chi connectivity index (χ0v) is 14.2. The summed E-state index contributed by atoms with van der Waals surface area (Å²) in [4.78, 5) is 11.6. The molecule has 1 unspecified atom stereocenters. The monoisotopic (exact) mass is 357 g/mol. The third-order valence-corrected chi connectivity index (χ3v) is 3.81. The summed E-state index contributed by atoms with van der Waals surface area (Å²) in [6.07, 6.45) is 0.572. The lowest BCUT2D eigenvalue weighted by molar-refractivity contribution is 0.186. The molecule has 0 spiro atoms. The Balaban J connectivity index is 2.02. The lowest BCUT2D eigenvalue weighted by atomic mass is 9.99. The van der Waals surface area contributed by atoms with E-state index in [9.17, 15) is 4.79 Å². The van der Waals surface area contributed by atoms with Gasteiger partial charge in [-0.1, -0.05) is 41.9 Å². The molecule has 128 valence electrons. The molecule has 1 atom stereocenters. The largest absolute Gasteiger partial charge is 0.465 e. The number of benzene rings is 2. The van der Waals surface area contributed by atoms with Crippen molar-refractivity contribution in [3.8, 4) is 5.88 Å². The van der Waals surface area contributed by atoms with Crippen LogP contribution in [-0.4, -0.2) is 23.4 Å². The Morgan fingerprint density at radius 3 is 2.60 bits per heavy atom. The number of aromatic nitrogens is 2. The van der Waals surface area contributed by atoms with Crippen LogP contribution in [0.1, 0.15) is 17.2 Å². The van der Waals surface area contributed by atoms with Crippen molar-refractivity contribution in [2.45, 2.75) is 6.10 Å². The summed E-state index contributed by atoms with van der Waals surface area (Å²) in [6, 6.07) is 16.4. The van der Waals surface area contributed by atoms with Crippen LogP contribution in [0, 0.1) is 0 Å². The number of nitrogens with one attached hydrogen (secondary N) is 2. The Kier molecular flexibility index (Phi) is 5.20. The molecule has 7 heteroatoms. The number of carbonyl (C=O) groups excluding carboxylic acids is 1. The first-order valence-electron chi connectivity index (χ1n) is 7.53. The number of H-pyrrole nitrogens is 1. The molecule has 0 saturated heterocycles. The van der Waals surface area contributed by atoms with Gasteiger partial charge in [-0.15, -0.1) is 0 Å². The van der Waals surface area contributed by atoms with E-state index in [1.54, 1.807) is 30.5 Å². The summed E-state index contributed by atoms with van der Waals surface area (Å²) >= 11 is 5.99. The smallest absolute Gasteiger partial charge is 0.411 e. The first-order chi connectivity index (χ1) is 12.2. The number of halogens is 1. The van der Waals surface area contributed by atoms with Crippen LogP contribution in [0.25, 0.3) is 0 Å². The predicted molar refractivity (Wildman–Crippen MR) is 95.0 cm³/mol. The number of ether oxygens (including phenoxy) is 2. The minimum Gasteiger partial charge on any atom is -0.465 e. The van der Waals surface area contributed by atoms with Crippen LogP contribution in [0.2, 0.25) is 5.02 Å². The molecule has 25 heavy (non-hydrogen) atoms. The molecule has 0 aliphatic carbocycles. The van der Waals surface area contributed by atoms with Crippen LogP contribution < -0.4 is 10.1 Å². The molecule has 1 aromatic heterocycles. The fraction of sp³-hybridized carbons (Fsp3) is 0.111. The van der Waals surface area contributed by atoms with E-state index in [4.69, 9.17) is 21.1 Å². The molecule has 0 radical (unpaired) electrons. The molecule has 0 saturated carbocycles. The summed E-state index contributed by atoms with van der Waals surface area (Å²) in [5, 5.41) is 10.0.